The summed E-state index contributed by atoms with van der Waals surface area (Å²) in [5, 5.41) is 4.28. The minimum absolute atomic E-state index is 1.04. The van der Waals surface area contributed by atoms with Gasteiger partial charge in [-0.2, -0.15) is 10.5 Å². The third-order valence-electron chi connectivity index (χ3n) is 2.83. The fraction of sp³-hybridized carbons (Fsp3) is 0.462. The minimum Gasteiger partial charge on any atom is -0.154 e. The molecule has 0 aromatic heterocycles. The highest BCUT2D eigenvalue weighted by molar-refractivity contribution is 6.07. The molecule has 1 aromatic carbocycles. The van der Waals surface area contributed by atoms with Crippen LogP contribution in [0.25, 0.3) is 0 Å². The minimum atomic E-state index is 1.04. The first-order chi connectivity index (χ1) is 7.33. The third kappa shape index (κ3) is 2.04. The molecule has 0 amide bonds. The van der Waals surface area contributed by atoms with Crippen LogP contribution < -0.4 is 5.43 Å². The molecule has 0 atom stereocenters. The van der Waals surface area contributed by atoms with Crippen molar-refractivity contribution in [1.82, 2.24) is 5.43 Å². The van der Waals surface area contributed by atoms with Gasteiger partial charge in [-0.15, -0.1) is 0 Å². The molecule has 1 radical (unpaired) electrons. The molecule has 2 heteroatoms. The number of benzene rings is 1. The van der Waals surface area contributed by atoms with E-state index in [4.69, 9.17) is 0 Å². The van der Waals surface area contributed by atoms with Gasteiger partial charge in [-0.3, -0.25) is 0 Å². The van der Waals surface area contributed by atoms with Crippen LogP contribution in [0.5, 0.6) is 0 Å². The van der Waals surface area contributed by atoms with Crippen LogP contribution in [0.3, 0.4) is 0 Å². The molecule has 2 nitrogen and oxygen atoms in total. The topological polar surface area (TPSA) is 26.5 Å². The Bertz CT molecular complexity index is 380. The highest BCUT2D eigenvalue weighted by Gasteiger charge is 2.18. The average Bonchev–Trinajstić information content (AvgIpc) is 2.63. The van der Waals surface area contributed by atoms with Gasteiger partial charge < -0.3 is 0 Å². The van der Waals surface area contributed by atoms with Gasteiger partial charge in [0.2, 0.25) is 0 Å². The zero-order valence-electron chi connectivity index (χ0n) is 9.45. The SMILES string of the molecule is CCCCCC1=N[N]c2cccc(C)c21. The molecule has 1 heterocycles. The van der Waals surface area contributed by atoms with Crippen LogP contribution in [0, 0.1) is 6.92 Å². The third-order valence-corrected chi connectivity index (χ3v) is 2.83. The molecule has 0 fully saturated rings. The Morgan fingerprint density at radius 1 is 1.20 bits per heavy atom. The molecule has 15 heavy (non-hydrogen) atoms. The predicted molar refractivity (Wildman–Crippen MR) is 63.7 cm³/mol. The second-order valence-corrected chi connectivity index (χ2v) is 4.07. The van der Waals surface area contributed by atoms with Crippen LogP contribution in [0.15, 0.2) is 23.3 Å². The molecule has 1 aromatic rings. The van der Waals surface area contributed by atoms with Crippen LogP contribution in [0.2, 0.25) is 0 Å². The van der Waals surface area contributed by atoms with Gasteiger partial charge in [-0.05, 0) is 31.4 Å². The normalized spacial score (nSPS) is 13.3. The van der Waals surface area contributed by atoms with E-state index < -0.39 is 0 Å². The Kier molecular flexibility index (Phi) is 3.05. The fourth-order valence-corrected chi connectivity index (χ4v) is 1.99. The number of rotatable bonds is 4. The molecule has 0 bridgehead atoms. The largest absolute Gasteiger partial charge is 0.154 e. The van der Waals surface area contributed by atoms with Crippen molar-refractivity contribution < 1.29 is 0 Å². The second kappa shape index (κ2) is 4.47. The molecular formula is C13H17N2. The van der Waals surface area contributed by atoms with Crippen molar-refractivity contribution >= 4 is 11.4 Å². The Hall–Kier alpha value is -1.31. The molecule has 0 unspecified atom stereocenters. The van der Waals surface area contributed by atoms with Gasteiger partial charge in [0.25, 0.3) is 0 Å². The van der Waals surface area contributed by atoms with Gasteiger partial charge in [0.15, 0.2) is 0 Å². The number of aryl methyl sites for hydroxylation is 1. The summed E-state index contributed by atoms with van der Waals surface area (Å²) in [5.41, 5.74) is 9.00. The van der Waals surface area contributed by atoms with Gasteiger partial charge >= 0.3 is 0 Å². The summed E-state index contributed by atoms with van der Waals surface area (Å²) in [7, 11) is 0. The van der Waals surface area contributed by atoms with E-state index in [1.54, 1.807) is 0 Å². The highest BCUT2D eigenvalue weighted by atomic mass is 15.3. The molecule has 0 saturated carbocycles. The smallest absolute Gasteiger partial charge is 0.0950 e. The first kappa shape index (κ1) is 10.2. The second-order valence-electron chi connectivity index (χ2n) is 4.07. The molecule has 2 rings (SSSR count). The molecule has 0 aliphatic carbocycles. The number of fused-ring (bicyclic) bond motifs is 1. The van der Waals surface area contributed by atoms with Crippen LogP contribution in [0.4, 0.5) is 5.69 Å². The Balaban J connectivity index is 2.12. The van der Waals surface area contributed by atoms with E-state index in [2.05, 4.69) is 30.4 Å². The van der Waals surface area contributed by atoms with E-state index >= 15 is 0 Å². The van der Waals surface area contributed by atoms with Crippen molar-refractivity contribution in [3.63, 3.8) is 0 Å². The van der Waals surface area contributed by atoms with Crippen molar-refractivity contribution in [3.8, 4) is 0 Å². The van der Waals surface area contributed by atoms with Crippen LogP contribution >= 0.6 is 0 Å². The Morgan fingerprint density at radius 3 is 2.87 bits per heavy atom. The van der Waals surface area contributed by atoms with E-state index in [1.807, 2.05) is 12.1 Å². The van der Waals surface area contributed by atoms with Crippen molar-refractivity contribution in [2.75, 3.05) is 0 Å². The summed E-state index contributed by atoms with van der Waals surface area (Å²) in [6.45, 7) is 4.36. The molecule has 0 saturated heterocycles. The van der Waals surface area contributed by atoms with Crippen LogP contribution in [-0.2, 0) is 0 Å². The fourth-order valence-electron chi connectivity index (χ4n) is 1.99. The lowest BCUT2D eigenvalue weighted by atomic mass is 9.99. The quantitative estimate of drug-likeness (QED) is 0.666. The first-order valence-corrected chi connectivity index (χ1v) is 5.70. The van der Waals surface area contributed by atoms with E-state index in [-0.39, 0.29) is 0 Å². The molecule has 0 spiro atoms. The number of unbranched alkanes of at least 4 members (excludes halogenated alkanes) is 2. The van der Waals surface area contributed by atoms with Crippen molar-refractivity contribution in [3.05, 3.63) is 29.3 Å². The lowest BCUT2D eigenvalue weighted by Gasteiger charge is -2.04. The van der Waals surface area contributed by atoms with E-state index in [0.717, 1.165) is 12.1 Å². The summed E-state index contributed by atoms with van der Waals surface area (Å²) in [6, 6.07) is 6.22. The zero-order valence-corrected chi connectivity index (χ0v) is 9.45. The van der Waals surface area contributed by atoms with Crippen molar-refractivity contribution in [2.45, 2.75) is 39.5 Å². The molecule has 1 aliphatic rings. The average molecular weight is 201 g/mol. The summed E-state index contributed by atoms with van der Waals surface area (Å²) >= 11 is 0. The zero-order chi connectivity index (χ0) is 10.7. The molecule has 0 N–H and O–H groups in total. The number of nitrogens with zero attached hydrogens (tertiary/aromatic N) is 2. The first-order valence-electron chi connectivity index (χ1n) is 5.70. The van der Waals surface area contributed by atoms with Gasteiger partial charge in [-0.1, -0.05) is 31.9 Å². The van der Waals surface area contributed by atoms with Crippen molar-refractivity contribution in [1.29, 1.82) is 0 Å². The van der Waals surface area contributed by atoms with E-state index in [9.17, 15) is 0 Å². The van der Waals surface area contributed by atoms with Crippen LogP contribution in [-0.4, -0.2) is 5.71 Å². The predicted octanol–water partition coefficient (Wildman–Crippen LogP) is 3.53. The molecule has 79 valence electrons. The Labute approximate surface area is 91.4 Å². The van der Waals surface area contributed by atoms with E-state index in [0.29, 0.717) is 0 Å². The highest BCUT2D eigenvalue weighted by Crippen LogP contribution is 2.27. The van der Waals surface area contributed by atoms with Gasteiger partial charge in [0.05, 0.1) is 11.4 Å². The molecular weight excluding hydrogens is 184 g/mol. The Morgan fingerprint density at radius 2 is 2.07 bits per heavy atom. The lowest BCUT2D eigenvalue weighted by Crippen LogP contribution is -1.99. The maximum absolute atomic E-state index is 4.28. The molecule has 1 aliphatic heterocycles. The lowest BCUT2D eigenvalue weighted by molar-refractivity contribution is 0.741. The van der Waals surface area contributed by atoms with Gasteiger partial charge in [0, 0.05) is 5.56 Å². The monoisotopic (exact) mass is 201 g/mol. The summed E-state index contributed by atoms with van der Waals surface area (Å²) in [4.78, 5) is 0. The summed E-state index contributed by atoms with van der Waals surface area (Å²) in [6.07, 6.45) is 4.82. The van der Waals surface area contributed by atoms with E-state index in [1.165, 1.54) is 36.1 Å². The van der Waals surface area contributed by atoms with Gasteiger partial charge in [-0.25, -0.2) is 0 Å². The number of hydrogen-bond acceptors (Lipinski definition) is 1. The van der Waals surface area contributed by atoms with Crippen molar-refractivity contribution in [2.24, 2.45) is 5.10 Å². The standard InChI is InChI=1S/C13H17N2/c1-3-4-5-8-11-13-10(2)7-6-9-12(13)15-14-11/h6-7,9H,3-5,8H2,1-2H3. The van der Waals surface area contributed by atoms with Gasteiger partial charge in [0.1, 0.15) is 0 Å². The maximum Gasteiger partial charge on any atom is 0.0950 e. The summed E-state index contributed by atoms with van der Waals surface area (Å²) < 4.78 is 0. The maximum atomic E-state index is 4.28. The van der Waals surface area contributed by atoms with Crippen LogP contribution in [0.1, 0.15) is 43.7 Å². The number of hydrogen-bond donors (Lipinski definition) is 0. The summed E-state index contributed by atoms with van der Waals surface area (Å²) in [5.74, 6) is 0.